The Kier molecular flexibility index (Phi) is 27.6. The number of amides is 12. The maximum absolute atomic E-state index is 15.0. The fourth-order valence-corrected chi connectivity index (χ4v) is 21.9. The number of para-hydroxylation sites is 3. The molecule has 6 atom stereocenters. The molecule has 3 N–H and O–H groups in total. The van der Waals surface area contributed by atoms with Crippen molar-refractivity contribution in [2.24, 2.45) is 11.8 Å². The summed E-state index contributed by atoms with van der Waals surface area (Å²) in [6.07, 6.45) is 8.27. The van der Waals surface area contributed by atoms with Gasteiger partial charge in [-0.25, -0.2) is 23.8 Å². The predicted octanol–water partition coefficient (Wildman–Crippen LogP) is 13.6. The molecule has 11 heterocycles. The molecular weight excluding hydrogens is 1540 g/mol. The van der Waals surface area contributed by atoms with Gasteiger partial charge >= 0.3 is 18.1 Å². The Balaban J connectivity index is 0.000000153. The third-order valence-electron chi connectivity index (χ3n) is 23.9. The molecule has 0 spiro atoms. The van der Waals surface area contributed by atoms with Crippen LogP contribution < -0.4 is 25.6 Å². The molecule has 6 unspecified atom stereocenters. The summed E-state index contributed by atoms with van der Waals surface area (Å²) in [6.45, 7) is 20.3. The second-order valence-electron chi connectivity index (χ2n) is 32.4. The summed E-state index contributed by atoms with van der Waals surface area (Å²) >= 11 is 4.52. The number of rotatable bonds is 20. The van der Waals surface area contributed by atoms with Gasteiger partial charge in [-0.05, 0) is 129 Å². The molecular formula is C88H111FN14O11S3. The molecule has 0 bridgehead atoms. The topological polar surface area (TPSA) is 253 Å². The summed E-state index contributed by atoms with van der Waals surface area (Å²) < 4.78 is 25.7. The Morgan fingerprint density at radius 1 is 0.513 bits per heavy atom. The van der Waals surface area contributed by atoms with E-state index in [1.807, 2.05) is 144 Å². The smallest absolute Gasteiger partial charge is 0.322 e. The quantitative estimate of drug-likeness (QED) is 0.0642. The number of thioether (sulfide) groups is 3. The van der Waals surface area contributed by atoms with Crippen molar-refractivity contribution < 1.29 is 58.4 Å². The number of piperidine rings is 3. The summed E-state index contributed by atoms with van der Waals surface area (Å²) in [5.74, 6) is 1.53. The number of morpholine rings is 1. The van der Waals surface area contributed by atoms with E-state index >= 15 is 4.39 Å². The molecule has 1 aromatic heterocycles. The zero-order valence-corrected chi connectivity index (χ0v) is 70.2. The van der Waals surface area contributed by atoms with E-state index in [0.29, 0.717) is 128 Å². The molecule has 7 saturated heterocycles. The van der Waals surface area contributed by atoms with Crippen LogP contribution in [0.25, 0.3) is 0 Å². The van der Waals surface area contributed by atoms with E-state index in [-0.39, 0.29) is 108 Å². The van der Waals surface area contributed by atoms with Crippen molar-refractivity contribution in [2.75, 3.05) is 120 Å². The van der Waals surface area contributed by atoms with Crippen molar-refractivity contribution >= 4 is 112 Å². The number of benzene rings is 5. The minimum atomic E-state index is -0.562. The van der Waals surface area contributed by atoms with Gasteiger partial charge in [0.15, 0.2) is 0 Å². The van der Waals surface area contributed by atoms with Crippen LogP contribution >= 0.6 is 35.3 Å². The second kappa shape index (κ2) is 38.4. The highest BCUT2D eigenvalue weighted by Crippen LogP contribution is 2.50. The zero-order chi connectivity index (χ0) is 82.0. The van der Waals surface area contributed by atoms with Crippen LogP contribution in [0.4, 0.5) is 41.7 Å². The van der Waals surface area contributed by atoms with Crippen molar-refractivity contribution in [3.8, 4) is 5.75 Å². The first-order valence-electron chi connectivity index (χ1n) is 41.5. The summed E-state index contributed by atoms with van der Waals surface area (Å²) in [5.41, 5.74) is 8.52. The summed E-state index contributed by atoms with van der Waals surface area (Å²) in [5, 5.41) is 6.97. The number of halogens is 1. The number of hydrogen-bond donors (Lipinski definition) is 3. The van der Waals surface area contributed by atoms with Gasteiger partial charge in [-0.2, -0.15) is 0 Å². The molecule has 10 aliphatic rings. The Hall–Kier alpha value is -9.58. The SMILES string of the molecule is CC(C)CN1C(=O)C(CC(=O)N2CCC(N3Cc4ccccc4NC3=O)CC2)SC1c1cccnc1N1CCOCC1.CCN1C(=O)C(CC(=O)N2CCC(N3CCc4ccccc4NC3=O)CC2)SC1c1ccccc1.COc1ccc(C2SC(CC(=O)N3CCC(N4Cc5ccccc5NC4=O)CC3)C(=O)N2CCC(C)C)c(F)c1.[HH]. The number of methoxy groups -OCH3 is 1. The largest absolute Gasteiger partial charge is 0.497 e. The minimum Gasteiger partial charge on any atom is -0.497 e. The average Bonchev–Trinajstić information content (AvgIpc) is 1.35. The molecule has 117 heavy (non-hydrogen) atoms. The lowest BCUT2D eigenvalue weighted by Gasteiger charge is -2.40. The maximum Gasteiger partial charge on any atom is 0.322 e. The van der Waals surface area contributed by atoms with E-state index in [9.17, 15) is 43.2 Å². The number of ether oxygens (including phenoxy) is 2. The molecule has 0 saturated carbocycles. The van der Waals surface area contributed by atoms with Crippen LogP contribution in [0.15, 0.2) is 140 Å². The van der Waals surface area contributed by atoms with Crippen molar-refractivity contribution in [3.63, 3.8) is 0 Å². The number of likely N-dealkylation sites (tertiary alicyclic amines) is 3. The first-order chi connectivity index (χ1) is 56.7. The molecule has 5 aromatic carbocycles. The summed E-state index contributed by atoms with van der Waals surface area (Å²) in [4.78, 5) is 142. The van der Waals surface area contributed by atoms with E-state index in [0.717, 1.165) is 102 Å². The van der Waals surface area contributed by atoms with Gasteiger partial charge in [-0.1, -0.05) is 119 Å². The molecule has 624 valence electrons. The number of hydrogen-bond acceptors (Lipinski definition) is 16. The summed E-state index contributed by atoms with van der Waals surface area (Å²) in [7, 11) is 1.49. The van der Waals surface area contributed by atoms with Gasteiger partial charge in [0, 0.05) is 171 Å². The number of urea groups is 3. The first-order valence-corrected chi connectivity index (χ1v) is 44.3. The Bertz CT molecular complexity index is 4570. The van der Waals surface area contributed by atoms with Gasteiger partial charge in [0.2, 0.25) is 35.4 Å². The van der Waals surface area contributed by atoms with Crippen LogP contribution in [-0.4, -0.2) is 235 Å². The van der Waals surface area contributed by atoms with Crippen LogP contribution in [0.1, 0.15) is 150 Å². The van der Waals surface area contributed by atoms with Gasteiger partial charge in [0.05, 0.1) is 36.1 Å². The fraction of sp³-hybridized carbons (Fsp3) is 0.500. The number of pyridine rings is 1. The third kappa shape index (κ3) is 19.6. The molecule has 29 heteroatoms. The lowest BCUT2D eigenvalue weighted by Crippen LogP contribution is -2.51. The molecule has 0 radical (unpaired) electrons. The number of fused-ring (bicyclic) bond motifs is 3. The zero-order valence-electron chi connectivity index (χ0n) is 67.7. The average molecular weight is 1660 g/mol. The number of carbonyl (C=O) groups excluding carboxylic acids is 9. The van der Waals surface area contributed by atoms with Crippen LogP contribution in [-0.2, 0) is 53.0 Å². The Morgan fingerprint density at radius 2 is 0.966 bits per heavy atom. The highest BCUT2D eigenvalue weighted by molar-refractivity contribution is 8.01. The van der Waals surface area contributed by atoms with E-state index in [4.69, 9.17) is 14.5 Å². The van der Waals surface area contributed by atoms with E-state index in [1.165, 1.54) is 24.9 Å². The van der Waals surface area contributed by atoms with Crippen molar-refractivity contribution in [1.29, 1.82) is 0 Å². The van der Waals surface area contributed by atoms with Crippen molar-refractivity contribution in [3.05, 3.63) is 179 Å². The fourth-order valence-electron chi connectivity index (χ4n) is 17.4. The lowest BCUT2D eigenvalue weighted by molar-refractivity contribution is -0.137. The molecule has 7 fully saturated rings. The predicted molar refractivity (Wildman–Crippen MR) is 457 cm³/mol. The number of carbonyl (C=O) groups is 9. The van der Waals surface area contributed by atoms with Gasteiger partial charge in [0.25, 0.3) is 0 Å². The first kappa shape index (κ1) is 83.9. The standard InChI is InChI=1S/C31H40N6O4S.C30H37FN4O4S.C27H32N4O3S.H2/c1-21(2)19-37-29(39)26(42-30(37)24-7-5-11-32-28(24)35-14-16-41-17-15-35)18-27(38)34-12-9-23(10-13-34)36-20-22-6-3-4-8-25(22)33-31(36)40;1-19(2)10-15-34-28(37)26(40-29(34)23-9-8-22(39-3)16-24(23)31)17-27(36)33-13-11-21(12-14-33)35-18-20-6-4-5-7-25(20)32-30(35)38;1-2-30-25(33)23(35-26(30)20-9-4-3-5-10-20)18-24(32)29-15-13-21(14-16-29)31-17-12-19-8-6-7-11-22(19)28-27(31)34;/h3-8,11,21,23,26,30H,9-10,12-20H2,1-2H3,(H,33,40);4-9,16,19,21,26,29H,10-15,17-18H2,1-3H3,(H,32,38);3-11,21,23,26H,2,12-18H2,1H3,(H,28,34);1H. The van der Waals surface area contributed by atoms with Crippen LogP contribution in [0.2, 0.25) is 0 Å². The van der Waals surface area contributed by atoms with E-state index in [2.05, 4.69) is 60.7 Å². The molecule has 25 nitrogen and oxygen atoms in total. The normalized spacial score (nSPS) is 22.7. The van der Waals surface area contributed by atoms with Crippen LogP contribution in [0, 0.1) is 17.7 Å². The molecule has 12 amide bonds. The van der Waals surface area contributed by atoms with Gasteiger partial charge in [0.1, 0.15) is 33.5 Å². The highest BCUT2D eigenvalue weighted by atomic mass is 32.2. The maximum atomic E-state index is 15.0. The highest BCUT2D eigenvalue weighted by Gasteiger charge is 2.48. The number of anilines is 4. The van der Waals surface area contributed by atoms with Gasteiger partial charge in [-0.15, -0.1) is 35.3 Å². The van der Waals surface area contributed by atoms with Crippen molar-refractivity contribution in [2.45, 2.75) is 168 Å². The minimum absolute atomic E-state index is 0. The van der Waals surface area contributed by atoms with Gasteiger partial charge < -0.3 is 74.4 Å². The van der Waals surface area contributed by atoms with E-state index in [1.54, 1.807) is 51.7 Å². The molecule has 10 aliphatic heterocycles. The summed E-state index contributed by atoms with van der Waals surface area (Å²) in [6, 6.07) is 42.4. The van der Waals surface area contributed by atoms with Gasteiger partial charge in [-0.3, -0.25) is 28.8 Å². The molecule has 16 rings (SSSR count). The van der Waals surface area contributed by atoms with Crippen molar-refractivity contribution in [1.82, 2.24) is 49.1 Å². The molecule has 6 aromatic rings. The second-order valence-corrected chi connectivity index (χ2v) is 36.2. The number of aromatic nitrogens is 1. The van der Waals surface area contributed by atoms with Crippen LogP contribution in [0.3, 0.4) is 0 Å². The number of nitrogens with zero attached hydrogens (tertiary/aromatic N) is 11. The monoisotopic (exact) mass is 1650 g/mol. The third-order valence-corrected chi connectivity index (χ3v) is 28.3. The Labute approximate surface area is 699 Å². The van der Waals surface area contributed by atoms with E-state index < -0.39 is 21.7 Å². The number of nitrogens with one attached hydrogen (secondary N) is 3. The molecule has 0 aliphatic carbocycles. The Morgan fingerprint density at radius 3 is 1.46 bits per heavy atom. The lowest BCUT2D eigenvalue weighted by atomic mass is 10.0. The van der Waals surface area contributed by atoms with Crippen LogP contribution in [0.5, 0.6) is 5.75 Å².